The van der Waals surface area contributed by atoms with E-state index in [1.165, 1.54) is 14.2 Å². The van der Waals surface area contributed by atoms with E-state index < -0.39 is 11.4 Å². The molecule has 0 aliphatic carbocycles. The highest BCUT2D eigenvalue weighted by molar-refractivity contribution is 5.90. The van der Waals surface area contributed by atoms with Crippen LogP contribution in [0.15, 0.2) is 23.2 Å². The number of carbonyl (C=O) groups is 2. The maximum absolute atomic E-state index is 12.0. The molecule has 0 aliphatic heterocycles. The fraction of sp³-hybridized carbons (Fsp3) is 0.444. The third-order valence-corrected chi connectivity index (χ3v) is 3.40. The highest BCUT2D eigenvalue weighted by Gasteiger charge is 2.15. The number of esters is 1. The van der Waals surface area contributed by atoms with Gasteiger partial charge in [0.25, 0.3) is 0 Å². The second-order valence-corrected chi connectivity index (χ2v) is 5.96. The van der Waals surface area contributed by atoms with E-state index in [2.05, 4.69) is 15.8 Å². The van der Waals surface area contributed by atoms with Crippen molar-refractivity contribution in [2.45, 2.75) is 26.7 Å². The Morgan fingerprint density at radius 1 is 1.33 bits per heavy atom. The van der Waals surface area contributed by atoms with Gasteiger partial charge in [0.15, 0.2) is 5.78 Å². The summed E-state index contributed by atoms with van der Waals surface area (Å²) in [6.07, 6.45) is 2.26. The van der Waals surface area contributed by atoms with Gasteiger partial charge in [-0.15, -0.1) is 0 Å². The van der Waals surface area contributed by atoms with E-state index in [-0.39, 0.29) is 18.7 Å². The maximum Gasteiger partial charge on any atom is 0.337 e. The highest BCUT2D eigenvalue weighted by Crippen LogP contribution is 2.21. The van der Waals surface area contributed by atoms with Crippen LogP contribution in [0.5, 0.6) is 5.75 Å². The number of Topliss-reactive ketones (excluding diaryl/α,β-unsaturated/α-hetero) is 1. The van der Waals surface area contributed by atoms with Crippen LogP contribution in [0.25, 0.3) is 0 Å². The third kappa shape index (κ3) is 5.84. The summed E-state index contributed by atoms with van der Waals surface area (Å²) in [7, 11) is 2.78. The first-order valence-electron chi connectivity index (χ1n) is 7.49. The van der Waals surface area contributed by atoms with Crippen LogP contribution < -0.4 is 4.74 Å². The molecule has 0 bridgehead atoms. The predicted octanol–water partition coefficient (Wildman–Crippen LogP) is 2.60. The number of carbonyl (C=O) groups excluding carboxylic acids is 2. The van der Waals surface area contributed by atoms with Crippen LogP contribution in [0.2, 0.25) is 0 Å². The van der Waals surface area contributed by atoms with Gasteiger partial charge in [0, 0.05) is 24.6 Å². The van der Waals surface area contributed by atoms with Crippen molar-refractivity contribution in [1.82, 2.24) is 0 Å². The Labute approximate surface area is 142 Å². The van der Waals surface area contributed by atoms with Gasteiger partial charge in [0.1, 0.15) is 5.75 Å². The van der Waals surface area contributed by atoms with Gasteiger partial charge < -0.3 is 9.47 Å². The van der Waals surface area contributed by atoms with E-state index in [0.717, 1.165) is 0 Å². The van der Waals surface area contributed by atoms with Crippen LogP contribution in [-0.4, -0.2) is 38.7 Å². The molecule has 0 atom stereocenters. The first-order chi connectivity index (χ1) is 11.3. The zero-order valence-corrected chi connectivity index (χ0v) is 14.5. The number of rotatable bonds is 8. The molecule has 1 aromatic rings. The van der Waals surface area contributed by atoms with Crippen molar-refractivity contribution in [3.63, 3.8) is 0 Å². The number of hydrogen-bond acceptors (Lipinski definition) is 6. The molecule has 0 aliphatic rings. The summed E-state index contributed by atoms with van der Waals surface area (Å²) < 4.78 is 9.89. The van der Waals surface area contributed by atoms with Crippen LogP contribution >= 0.6 is 0 Å². The Balaban J connectivity index is 2.69. The minimum absolute atomic E-state index is 0.0451. The topological polar surface area (TPSA) is 88.8 Å². The molecule has 0 heterocycles. The summed E-state index contributed by atoms with van der Waals surface area (Å²) >= 11 is 0. The molecule has 0 spiro atoms. The average Bonchev–Trinajstić information content (AvgIpc) is 2.58. The minimum atomic E-state index is -0.487. The molecule has 24 heavy (non-hydrogen) atoms. The largest absolute Gasteiger partial charge is 0.496 e. The van der Waals surface area contributed by atoms with Gasteiger partial charge in [0.05, 0.1) is 37.8 Å². The van der Waals surface area contributed by atoms with E-state index in [1.54, 1.807) is 24.4 Å². The molecule has 0 saturated heterocycles. The molecule has 0 aromatic heterocycles. The number of ketones is 1. The number of benzene rings is 1. The molecule has 6 heteroatoms. The van der Waals surface area contributed by atoms with Crippen LogP contribution in [0.3, 0.4) is 0 Å². The molecule has 0 N–H and O–H groups in total. The zero-order chi connectivity index (χ0) is 18.2. The lowest BCUT2D eigenvalue weighted by Crippen LogP contribution is -2.11. The van der Waals surface area contributed by atoms with Crippen LogP contribution in [-0.2, 0) is 16.0 Å². The van der Waals surface area contributed by atoms with Crippen LogP contribution in [0.4, 0.5) is 0 Å². The lowest BCUT2D eigenvalue weighted by atomic mass is 9.92. The summed E-state index contributed by atoms with van der Waals surface area (Å²) in [6, 6.07) is 6.99. The molecule has 0 radical (unpaired) electrons. The van der Waals surface area contributed by atoms with Gasteiger partial charge in [0.2, 0.25) is 0 Å². The quantitative estimate of drug-likeness (QED) is 0.540. The van der Waals surface area contributed by atoms with Crippen molar-refractivity contribution in [3.8, 4) is 11.8 Å². The summed E-state index contributed by atoms with van der Waals surface area (Å²) in [5.41, 5.74) is 0.560. The van der Waals surface area contributed by atoms with Crippen molar-refractivity contribution >= 4 is 18.0 Å². The van der Waals surface area contributed by atoms with Crippen LogP contribution in [0.1, 0.15) is 36.2 Å². The first kappa shape index (κ1) is 19.4. The van der Waals surface area contributed by atoms with Crippen molar-refractivity contribution in [2.24, 2.45) is 10.4 Å². The van der Waals surface area contributed by atoms with Crippen molar-refractivity contribution in [3.05, 3.63) is 29.3 Å². The van der Waals surface area contributed by atoms with Gasteiger partial charge in [-0.2, -0.15) is 5.26 Å². The molecule has 1 rings (SSSR count). The normalized spacial score (nSPS) is 11.1. The summed E-state index contributed by atoms with van der Waals surface area (Å²) in [5.74, 6) is -0.0816. The number of hydrogen-bond donors (Lipinski definition) is 0. The Hall–Kier alpha value is -2.68. The van der Waals surface area contributed by atoms with E-state index in [9.17, 15) is 9.59 Å². The van der Waals surface area contributed by atoms with Gasteiger partial charge in [-0.25, -0.2) is 4.79 Å². The predicted molar refractivity (Wildman–Crippen MR) is 90.4 cm³/mol. The molecular weight excluding hydrogens is 308 g/mol. The summed E-state index contributed by atoms with van der Waals surface area (Å²) in [5, 5.41) is 8.91. The van der Waals surface area contributed by atoms with E-state index in [0.29, 0.717) is 23.3 Å². The second kappa shape index (κ2) is 8.82. The van der Waals surface area contributed by atoms with E-state index in [4.69, 9.17) is 10.00 Å². The molecule has 0 saturated carbocycles. The Kier molecular flexibility index (Phi) is 7.12. The average molecular weight is 330 g/mol. The SMILES string of the molecule is COC(=O)c1ccc(CC(=O)CN=CCC(C)(C)C#N)c(OC)c1. The number of ether oxygens (including phenoxy) is 2. The molecule has 6 nitrogen and oxygen atoms in total. The molecule has 0 unspecified atom stereocenters. The maximum atomic E-state index is 12.0. The Bertz CT molecular complexity index is 672. The third-order valence-electron chi connectivity index (χ3n) is 3.40. The minimum Gasteiger partial charge on any atom is -0.496 e. The fourth-order valence-electron chi connectivity index (χ4n) is 1.91. The van der Waals surface area contributed by atoms with Crippen molar-refractivity contribution in [2.75, 3.05) is 20.8 Å². The van der Waals surface area contributed by atoms with Gasteiger partial charge >= 0.3 is 5.97 Å². The van der Waals surface area contributed by atoms with Gasteiger partial charge in [-0.05, 0) is 26.0 Å². The molecule has 0 amide bonds. The number of methoxy groups -OCH3 is 2. The number of nitriles is 1. The highest BCUT2D eigenvalue weighted by atomic mass is 16.5. The Morgan fingerprint density at radius 3 is 2.62 bits per heavy atom. The van der Waals surface area contributed by atoms with E-state index >= 15 is 0 Å². The zero-order valence-electron chi connectivity index (χ0n) is 14.5. The monoisotopic (exact) mass is 330 g/mol. The van der Waals surface area contributed by atoms with E-state index in [1.807, 2.05) is 13.8 Å². The fourth-order valence-corrected chi connectivity index (χ4v) is 1.91. The summed E-state index contributed by atoms with van der Waals surface area (Å²) in [4.78, 5) is 27.6. The van der Waals surface area contributed by atoms with Crippen molar-refractivity contribution < 1.29 is 19.1 Å². The smallest absolute Gasteiger partial charge is 0.337 e. The molecular formula is C18H22N2O4. The number of aliphatic imine (C=N–C) groups is 1. The van der Waals surface area contributed by atoms with Gasteiger partial charge in [-0.1, -0.05) is 6.07 Å². The molecule has 128 valence electrons. The first-order valence-corrected chi connectivity index (χ1v) is 7.49. The molecule has 0 fully saturated rings. The van der Waals surface area contributed by atoms with Gasteiger partial charge in [-0.3, -0.25) is 9.79 Å². The lowest BCUT2D eigenvalue weighted by molar-refractivity contribution is -0.117. The number of nitrogens with zero attached hydrogens (tertiary/aromatic N) is 2. The second-order valence-electron chi connectivity index (χ2n) is 5.96. The van der Waals surface area contributed by atoms with Crippen molar-refractivity contribution in [1.29, 1.82) is 5.26 Å². The Morgan fingerprint density at radius 2 is 2.04 bits per heavy atom. The van der Waals surface area contributed by atoms with Crippen LogP contribution in [0, 0.1) is 16.7 Å². The lowest BCUT2D eigenvalue weighted by Gasteiger charge is -2.10. The summed E-state index contributed by atoms with van der Waals surface area (Å²) in [6.45, 7) is 3.67. The molecule has 1 aromatic carbocycles. The standard InChI is InChI=1S/C18H22N2O4/c1-18(2,12-19)7-8-20-11-15(21)9-13-5-6-14(17(22)24-4)10-16(13)23-3/h5-6,8,10H,7,9,11H2,1-4H3.